The van der Waals surface area contributed by atoms with Gasteiger partial charge in [-0.05, 0) is 62.5 Å². The minimum absolute atomic E-state index is 0.869. The summed E-state index contributed by atoms with van der Waals surface area (Å²) >= 11 is 0. The van der Waals surface area contributed by atoms with Crippen LogP contribution in [0.25, 0.3) is 0 Å². The molecule has 0 saturated carbocycles. The lowest BCUT2D eigenvalue weighted by Crippen LogP contribution is -1.89. The monoisotopic (exact) mass is 252 g/mol. The second-order valence-electron chi connectivity index (χ2n) is 5.07. The van der Waals surface area contributed by atoms with E-state index in [4.69, 9.17) is 0 Å². The van der Waals surface area contributed by atoms with Crippen LogP contribution < -0.4 is 0 Å². The fourth-order valence-electron chi connectivity index (χ4n) is 2.61. The highest BCUT2D eigenvalue weighted by Crippen LogP contribution is 2.29. The molecule has 0 aromatic heterocycles. The predicted octanol–water partition coefficient (Wildman–Crippen LogP) is 3.68. The van der Waals surface area contributed by atoms with Gasteiger partial charge in [-0.3, -0.25) is 0 Å². The Labute approximate surface area is 110 Å². The molecule has 0 bridgehead atoms. The third-order valence-electron chi connectivity index (χ3n) is 3.49. The van der Waals surface area contributed by atoms with Gasteiger partial charge in [0.25, 0.3) is 0 Å². The molecule has 2 aliphatic carbocycles. The molecular weight excluding hydrogens is 224 g/mol. The van der Waals surface area contributed by atoms with Crippen molar-refractivity contribution in [3.63, 3.8) is 0 Å². The van der Waals surface area contributed by atoms with Gasteiger partial charge < -0.3 is 4.43 Å². The van der Waals surface area contributed by atoms with E-state index in [-0.39, 0.29) is 0 Å². The molecule has 17 heavy (non-hydrogen) atoms. The van der Waals surface area contributed by atoms with Crippen molar-refractivity contribution in [1.29, 1.82) is 0 Å². The molecule has 0 atom stereocenters. The molecule has 2 heteroatoms. The van der Waals surface area contributed by atoms with Gasteiger partial charge in [-0.2, -0.15) is 0 Å². The van der Waals surface area contributed by atoms with E-state index in [0.29, 0.717) is 0 Å². The van der Waals surface area contributed by atoms with Crippen molar-refractivity contribution in [2.24, 2.45) is 0 Å². The molecule has 0 saturated heterocycles. The van der Waals surface area contributed by atoms with Gasteiger partial charge in [-0.15, -0.1) is 0 Å². The van der Waals surface area contributed by atoms with E-state index in [2.05, 4.69) is 16.6 Å². The van der Waals surface area contributed by atoms with Gasteiger partial charge in [0, 0.05) is 7.11 Å². The molecule has 2 rings (SSSR count). The summed E-state index contributed by atoms with van der Waals surface area (Å²) < 4.78 is 4.39. The lowest BCUT2D eigenvalue weighted by Gasteiger charge is -2.09. The Kier molecular flexibility index (Phi) is 8.37. The zero-order valence-corrected chi connectivity index (χ0v) is 13.6. The van der Waals surface area contributed by atoms with Crippen LogP contribution in [-0.2, 0) is 4.43 Å². The van der Waals surface area contributed by atoms with Crippen LogP contribution in [0, 0.1) is 0 Å². The highest BCUT2D eigenvalue weighted by molar-refractivity contribution is 5.97. The Morgan fingerprint density at radius 2 is 1.24 bits per heavy atom. The first-order chi connectivity index (χ1) is 8.38. The van der Waals surface area contributed by atoms with Crippen molar-refractivity contribution in [2.75, 3.05) is 7.11 Å². The van der Waals surface area contributed by atoms with Gasteiger partial charge in [-0.25, -0.2) is 0 Å². The molecule has 0 aromatic rings. The summed E-state index contributed by atoms with van der Waals surface area (Å²) in [4.78, 5) is 0. The molecule has 98 valence electrons. The van der Waals surface area contributed by atoms with Crippen molar-refractivity contribution in [3.05, 3.63) is 23.3 Å². The maximum Gasteiger partial charge on any atom is 0.145 e. The molecular formula is C15H28OSi. The molecule has 0 unspecified atom stereocenters. The molecule has 0 aliphatic heterocycles. The molecule has 0 fully saturated rings. The summed E-state index contributed by atoms with van der Waals surface area (Å²) in [7, 11) is 2.56. The third kappa shape index (κ3) is 6.23. The van der Waals surface area contributed by atoms with Crippen molar-refractivity contribution < 1.29 is 4.43 Å². The van der Waals surface area contributed by atoms with Gasteiger partial charge in [-0.1, -0.05) is 25.0 Å². The standard InChI is InChI=1S/C14H22.CH6OSi/c1-2-6-10-13(9-5-1)14-11-7-3-4-8-12-14;1-2-3/h9,11H,1-8,10,12H2;1,3H3. The Hall–Kier alpha value is -0.343. The van der Waals surface area contributed by atoms with Crippen molar-refractivity contribution >= 4 is 10.5 Å². The average molecular weight is 252 g/mol. The van der Waals surface area contributed by atoms with Crippen LogP contribution in [0.3, 0.4) is 0 Å². The summed E-state index contributed by atoms with van der Waals surface area (Å²) in [5.74, 6) is 0. The normalized spacial score (nSPS) is 21.5. The maximum atomic E-state index is 4.39. The van der Waals surface area contributed by atoms with Gasteiger partial charge in [0.1, 0.15) is 10.5 Å². The predicted molar refractivity (Wildman–Crippen MR) is 79.3 cm³/mol. The quantitative estimate of drug-likeness (QED) is 0.647. The van der Waals surface area contributed by atoms with Crippen LogP contribution in [0.4, 0.5) is 0 Å². The second-order valence-corrected chi connectivity index (χ2v) is 5.88. The summed E-state index contributed by atoms with van der Waals surface area (Å²) in [5.41, 5.74) is 3.40. The van der Waals surface area contributed by atoms with E-state index in [9.17, 15) is 0 Å². The van der Waals surface area contributed by atoms with Crippen LogP contribution in [0.2, 0.25) is 0 Å². The Morgan fingerprint density at radius 1 is 0.824 bits per heavy atom. The zero-order valence-electron chi connectivity index (χ0n) is 11.6. The first kappa shape index (κ1) is 14.7. The Balaban J connectivity index is 0.000000437. The van der Waals surface area contributed by atoms with Crippen LogP contribution in [0.1, 0.15) is 64.2 Å². The minimum atomic E-state index is 0.869. The summed E-state index contributed by atoms with van der Waals surface area (Å²) in [6.45, 7) is 0. The molecule has 0 radical (unpaired) electrons. The minimum Gasteiger partial charge on any atom is -0.431 e. The molecule has 2 aliphatic rings. The number of hydrogen-bond donors (Lipinski definition) is 0. The van der Waals surface area contributed by atoms with Crippen LogP contribution in [-0.4, -0.2) is 17.6 Å². The highest BCUT2D eigenvalue weighted by Gasteiger charge is 2.09. The average Bonchev–Trinajstić information content (AvgIpc) is 2.74. The van der Waals surface area contributed by atoms with Crippen molar-refractivity contribution in [3.8, 4) is 0 Å². The topological polar surface area (TPSA) is 9.23 Å². The van der Waals surface area contributed by atoms with E-state index < -0.39 is 0 Å². The smallest absolute Gasteiger partial charge is 0.145 e. The van der Waals surface area contributed by atoms with E-state index >= 15 is 0 Å². The second kappa shape index (κ2) is 9.66. The lowest BCUT2D eigenvalue weighted by molar-refractivity contribution is 0.460. The van der Waals surface area contributed by atoms with Gasteiger partial charge >= 0.3 is 0 Å². The third-order valence-corrected chi connectivity index (χ3v) is 3.49. The van der Waals surface area contributed by atoms with E-state index in [1.54, 1.807) is 18.3 Å². The molecule has 0 heterocycles. The van der Waals surface area contributed by atoms with E-state index in [1.165, 1.54) is 64.2 Å². The maximum absolute atomic E-state index is 4.39. The molecule has 0 amide bonds. The van der Waals surface area contributed by atoms with Crippen LogP contribution in [0.5, 0.6) is 0 Å². The van der Waals surface area contributed by atoms with Crippen molar-refractivity contribution in [2.45, 2.75) is 64.2 Å². The van der Waals surface area contributed by atoms with Gasteiger partial charge in [0.2, 0.25) is 0 Å². The van der Waals surface area contributed by atoms with Gasteiger partial charge in [0.05, 0.1) is 0 Å². The number of allylic oxidation sites excluding steroid dienone is 4. The fraction of sp³-hybridized carbons (Fsp3) is 0.733. The zero-order chi connectivity index (χ0) is 12.3. The highest BCUT2D eigenvalue weighted by atomic mass is 28.2. The first-order valence-electron chi connectivity index (χ1n) is 7.17. The molecule has 0 spiro atoms. The first-order valence-corrected chi connectivity index (χ1v) is 7.98. The van der Waals surface area contributed by atoms with Crippen LogP contribution >= 0.6 is 0 Å². The number of rotatable bonds is 1. The SMILES string of the molecule is C1=C(C2=CCCCCC2)CCCCC1.CO[SiH3]. The lowest BCUT2D eigenvalue weighted by atomic mass is 9.97. The number of hydrogen-bond acceptors (Lipinski definition) is 1. The van der Waals surface area contributed by atoms with Crippen LogP contribution in [0.15, 0.2) is 23.3 Å². The summed E-state index contributed by atoms with van der Waals surface area (Å²) in [6, 6.07) is 0. The Bertz CT molecular complexity index is 230. The van der Waals surface area contributed by atoms with E-state index in [1.807, 2.05) is 0 Å². The van der Waals surface area contributed by atoms with E-state index in [0.717, 1.165) is 10.5 Å². The van der Waals surface area contributed by atoms with Crippen molar-refractivity contribution in [1.82, 2.24) is 0 Å². The summed E-state index contributed by atoms with van der Waals surface area (Å²) in [5, 5.41) is 0. The van der Waals surface area contributed by atoms with Gasteiger partial charge in [0.15, 0.2) is 0 Å². The molecule has 1 nitrogen and oxygen atoms in total. The summed E-state index contributed by atoms with van der Waals surface area (Å²) in [6.07, 6.45) is 18.9. The fourth-order valence-corrected chi connectivity index (χ4v) is 2.61. The largest absolute Gasteiger partial charge is 0.431 e. The Morgan fingerprint density at radius 3 is 1.65 bits per heavy atom. The molecule has 0 N–H and O–H groups in total. The molecule has 0 aromatic carbocycles.